The van der Waals surface area contributed by atoms with Crippen LogP contribution in [0.15, 0.2) is 30.9 Å². The van der Waals surface area contributed by atoms with Gasteiger partial charge in [0, 0.05) is 18.7 Å². The van der Waals surface area contributed by atoms with Crippen LogP contribution in [0.1, 0.15) is 17.3 Å². The zero-order valence-electron chi connectivity index (χ0n) is 12.5. The maximum absolute atomic E-state index is 11.9. The number of hydrogen-bond acceptors (Lipinski definition) is 4. The van der Waals surface area contributed by atoms with Crippen molar-refractivity contribution in [2.24, 2.45) is 0 Å². The summed E-state index contributed by atoms with van der Waals surface area (Å²) < 4.78 is 10.7. The summed E-state index contributed by atoms with van der Waals surface area (Å²) in [6, 6.07) is 5.10. The van der Waals surface area contributed by atoms with Gasteiger partial charge in [-0.15, -0.1) is 12.4 Å². The molecule has 0 saturated heterocycles. The zero-order chi connectivity index (χ0) is 14.8. The van der Waals surface area contributed by atoms with Gasteiger partial charge in [0.15, 0.2) is 11.5 Å². The summed E-state index contributed by atoms with van der Waals surface area (Å²) in [5.74, 6) is 0.999. The Kier molecular flexibility index (Phi) is 10.1. The Morgan fingerprint density at radius 2 is 2.10 bits per heavy atom. The molecule has 0 fully saturated rings. The van der Waals surface area contributed by atoms with E-state index in [-0.39, 0.29) is 18.3 Å². The highest BCUT2D eigenvalue weighted by Crippen LogP contribution is 2.27. The first-order valence-corrected chi connectivity index (χ1v) is 6.63. The number of halogens is 1. The zero-order valence-corrected chi connectivity index (χ0v) is 13.3. The molecule has 6 heteroatoms. The maximum Gasteiger partial charge on any atom is 0.251 e. The molecule has 0 aliphatic rings. The topological polar surface area (TPSA) is 59.6 Å². The van der Waals surface area contributed by atoms with Gasteiger partial charge in [-0.05, 0) is 24.7 Å². The van der Waals surface area contributed by atoms with Crippen LogP contribution in [-0.4, -0.2) is 39.3 Å². The predicted molar refractivity (Wildman–Crippen MR) is 86.8 cm³/mol. The Balaban J connectivity index is 0.00000400. The van der Waals surface area contributed by atoms with Crippen molar-refractivity contribution < 1.29 is 14.3 Å². The number of methoxy groups -OCH3 is 1. The van der Waals surface area contributed by atoms with Crippen molar-refractivity contribution in [3.8, 4) is 11.5 Å². The number of carbonyl (C=O) groups is 1. The van der Waals surface area contributed by atoms with Gasteiger partial charge in [0.1, 0.15) is 6.61 Å². The van der Waals surface area contributed by atoms with Crippen LogP contribution in [0.3, 0.4) is 0 Å². The first-order valence-electron chi connectivity index (χ1n) is 6.63. The molecular formula is C15H23ClN2O3. The van der Waals surface area contributed by atoms with Crippen LogP contribution in [0.2, 0.25) is 0 Å². The number of rotatable bonds is 9. The Labute approximate surface area is 132 Å². The minimum absolute atomic E-state index is 0. The Bertz CT molecular complexity index is 453. The van der Waals surface area contributed by atoms with Gasteiger partial charge in [0.05, 0.1) is 7.11 Å². The van der Waals surface area contributed by atoms with Crippen LogP contribution >= 0.6 is 12.4 Å². The van der Waals surface area contributed by atoms with Gasteiger partial charge >= 0.3 is 0 Å². The molecule has 5 nitrogen and oxygen atoms in total. The summed E-state index contributed by atoms with van der Waals surface area (Å²) in [6.07, 6.45) is 1.65. The largest absolute Gasteiger partial charge is 0.493 e. The lowest BCUT2D eigenvalue weighted by Gasteiger charge is -2.11. The molecule has 1 amide bonds. The smallest absolute Gasteiger partial charge is 0.251 e. The molecule has 0 unspecified atom stereocenters. The first kappa shape index (κ1) is 19.3. The second-order valence-corrected chi connectivity index (χ2v) is 4.07. The van der Waals surface area contributed by atoms with Crippen molar-refractivity contribution in [1.29, 1.82) is 0 Å². The Hall–Kier alpha value is -1.72. The average molecular weight is 315 g/mol. The average Bonchev–Trinajstić information content (AvgIpc) is 2.49. The van der Waals surface area contributed by atoms with Crippen LogP contribution in [0, 0.1) is 0 Å². The molecule has 0 heterocycles. The summed E-state index contributed by atoms with van der Waals surface area (Å²) in [7, 11) is 1.54. The summed E-state index contributed by atoms with van der Waals surface area (Å²) in [5.41, 5.74) is 0.546. The number of carbonyl (C=O) groups excluding carboxylic acids is 1. The van der Waals surface area contributed by atoms with E-state index in [0.717, 1.165) is 13.1 Å². The fourth-order valence-electron chi connectivity index (χ4n) is 1.62. The normalized spacial score (nSPS) is 9.43. The van der Waals surface area contributed by atoms with E-state index in [1.165, 1.54) is 0 Å². The Morgan fingerprint density at radius 1 is 1.33 bits per heavy atom. The summed E-state index contributed by atoms with van der Waals surface area (Å²) in [4.78, 5) is 11.9. The van der Waals surface area contributed by atoms with E-state index < -0.39 is 0 Å². The van der Waals surface area contributed by atoms with E-state index in [0.29, 0.717) is 30.2 Å². The van der Waals surface area contributed by atoms with Crippen LogP contribution in [-0.2, 0) is 0 Å². The predicted octanol–water partition coefficient (Wildman–Crippen LogP) is 2.02. The van der Waals surface area contributed by atoms with Crippen molar-refractivity contribution in [2.75, 3.05) is 33.4 Å². The summed E-state index contributed by atoms with van der Waals surface area (Å²) >= 11 is 0. The lowest BCUT2D eigenvalue weighted by molar-refractivity contribution is 0.0953. The molecule has 1 aromatic carbocycles. The number of benzene rings is 1. The molecule has 0 aromatic heterocycles. The van der Waals surface area contributed by atoms with Gasteiger partial charge in [-0.2, -0.15) is 0 Å². The van der Waals surface area contributed by atoms with Gasteiger partial charge in [0.2, 0.25) is 0 Å². The molecule has 0 aliphatic carbocycles. The van der Waals surface area contributed by atoms with Crippen LogP contribution in [0.4, 0.5) is 0 Å². The highest BCUT2D eigenvalue weighted by molar-refractivity contribution is 5.94. The SMILES string of the molecule is C=CCOc1ccc(C(=O)NCCNCC)cc1OC.Cl. The molecule has 0 bridgehead atoms. The van der Waals surface area contributed by atoms with Gasteiger partial charge in [0.25, 0.3) is 5.91 Å². The van der Waals surface area contributed by atoms with Crippen molar-refractivity contribution in [3.05, 3.63) is 36.4 Å². The lowest BCUT2D eigenvalue weighted by atomic mass is 10.2. The second-order valence-electron chi connectivity index (χ2n) is 4.07. The van der Waals surface area contributed by atoms with Crippen LogP contribution < -0.4 is 20.1 Å². The quantitative estimate of drug-likeness (QED) is 0.541. The van der Waals surface area contributed by atoms with Gasteiger partial charge < -0.3 is 20.1 Å². The lowest BCUT2D eigenvalue weighted by Crippen LogP contribution is -2.31. The van der Waals surface area contributed by atoms with E-state index in [1.807, 2.05) is 6.92 Å². The molecular weight excluding hydrogens is 292 g/mol. The number of likely N-dealkylation sites (N-methyl/N-ethyl adjacent to an activating group) is 1. The van der Waals surface area contributed by atoms with Crippen LogP contribution in [0.5, 0.6) is 11.5 Å². The van der Waals surface area contributed by atoms with Crippen molar-refractivity contribution in [1.82, 2.24) is 10.6 Å². The minimum atomic E-state index is -0.128. The molecule has 0 spiro atoms. The minimum Gasteiger partial charge on any atom is -0.493 e. The van der Waals surface area contributed by atoms with Crippen molar-refractivity contribution in [2.45, 2.75) is 6.92 Å². The molecule has 0 saturated carbocycles. The van der Waals surface area contributed by atoms with Gasteiger partial charge in [-0.3, -0.25) is 4.79 Å². The third kappa shape index (κ3) is 6.51. The van der Waals surface area contributed by atoms with E-state index >= 15 is 0 Å². The fourth-order valence-corrected chi connectivity index (χ4v) is 1.62. The van der Waals surface area contributed by atoms with Crippen LogP contribution in [0.25, 0.3) is 0 Å². The molecule has 1 aromatic rings. The Morgan fingerprint density at radius 3 is 2.71 bits per heavy atom. The molecule has 21 heavy (non-hydrogen) atoms. The summed E-state index contributed by atoms with van der Waals surface area (Å²) in [5, 5.41) is 5.97. The number of nitrogens with one attached hydrogen (secondary N) is 2. The fraction of sp³-hybridized carbons (Fsp3) is 0.400. The number of amides is 1. The first-order chi connectivity index (χ1) is 9.72. The second kappa shape index (κ2) is 11.0. The molecule has 0 atom stereocenters. The van der Waals surface area contributed by atoms with Gasteiger partial charge in [-0.1, -0.05) is 19.6 Å². The standard InChI is InChI=1S/C15H22N2O3.ClH/c1-4-10-20-13-7-6-12(11-14(13)19-3)15(18)17-9-8-16-5-2;/h4,6-7,11,16H,1,5,8-10H2,2-3H3,(H,17,18);1H. The van der Waals surface area contributed by atoms with Gasteiger partial charge in [-0.25, -0.2) is 0 Å². The molecule has 2 N–H and O–H groups in total. The van der Waals surface area contributed by atoms with E-state index in [4.69, 9.17) is 9.47 Å². The molecule has 0 aliphatic heterocycles. The maximum atomic E-state index is 11.9. The third-order valence-electron chi connectivity index (χ3n) is 2.62. The molecule has 118 valence electrons. The number of ether oxygens (including phenoxy) is 2. The number of hydrogen-bond donors (Lipinski definition) is 2. The molecule has 0 radical (unpaired) electrons. The summed E-state index contributed by atoms with van der Waals surface area (Å²) in [6.45, 7) is 8.23. The van der Waals surface area contributed by atoms with Crippen molar-refractivity contribution >= 4 is 18.3 Å². The monoisotopic (exact) mass is 314 g/mol. The molecule has 1 rings (SSSR count). The van der Waals surface area contributed by atoms with E-state index in [1.54, 1.807) is 31.4 Å². The third-order valence-corrected chi connectivity index (χ3v) is 2.62. The highest BCUT2D eigenvalue weighted by atomic mass is 35.5. The van der Waals surface area contributed by atoms with E-state index in [9.17, 15) is 4.79 Å². The van der Waals surface area contributed by atoms with E-state index in [2.05, 4.69) is 17.2 Å². The van der Waals surface area contributed by atoms with Crippen molar-refractivity contribution in [3.63, 3.8) is 0 Å². The highest BCUT2D eigenvalue weighted by Gasteiger charge is 2.10.